The van der Waals surface area contributed by atoms with Crippen molar-refractivity contribution < 1.29 is 9.53 Å². The molecule has 0 bridgehead atoms. The third kappa shape index (κ3) is 6.30. The predicted octanol–water partition coefficient (Wildman–Crippen LogP) is 1.05. The van der Waals surface area contributed by atoms with Gasteiger partial charge in [0, 0.05) is 26.2 Å². The number of carbonyl (C=O) groups is 1. The van der Waals surface area contributed by atoms with Gasteiger partial charge in [-0.25, -0.2) is 0 Å². The molecule has 1 amide bonds. The summed E-state index contributed by atoms with van der Waals surface area (Å²) in [5, 5.41) is 3.27. The van der Waals surface area contributed by atoms with Crippen LogP contribution >= 0.6 is 12.4 Å². The highest BCUT2D eigenvalue weighted by Gasteiger charge is 2.14. The molecule has 0 unspecified atom stereocenters. The second kappa shape index (κ2) is 9.87. The lowest BCUT2D eigenvalue weighted by Gasteiger charge is -2.19. The normalized spacial score (nSPS) is 16.4. The second-order valence-electron chi connectivity index (χ2n) is 3.89. The number of unbranched alkanes of at least 4 members (excludes halogenated alkanes) is 1. The average Bonchev–Trinajstić information content (AvgIpc) is 2.52. The molecule has 1 N–H and O–H groups in total. The summed E-state index contributed by atoms with van der Waals surface area (Å²) in [5.41, 5.74) is 0. The van der Waals surface area contributed by atoms with Crippen LogP contribution in [0.3, 0.4) is 0 Å². The van der Waals surface area contributed by atoms with Crippen molar-refractivity contribution in [2.24, 2.45) is 0 Å². The lowest BCUT2D eigenvalue weighted by atomic mass is 10.3. The molecule has 1 fully saturated rings. The molecule has 1 aliphatic rings. The Hall–Kier alpha value is -0.320. The first-order valence-electron chi connectivity index (χ1n) is 5.91. The number of rotatable bonds is 5. The number of hydrogen-bond donors (Lipinski definition) is 1. The van der Waals surface area contributed by atoms with Gasteiger partial charge in [-0.2, -0.15) is 0 Å². The van der Waals surface area contributed by atoms with Crippen LogP contribution in [0.2, 0.25) is 0 Å². The minimum Gasteiger partial charge on any atom is -0.372 e. The van der Waals surface area contributed by atoms with Crippen LogP contribution in [-0.4, -0.2) is 50.2 Å². The Morgan fingerprint density at radius 1 is 1.38 bits per heavy atom. The van der Waals surface area contributed by atoms with Gasteiger partial charge in [0.25, 0.3) is 0 Å². The summed E-state index contributed by atoms with van der Waals surface area (Å²) in [6.45, 7) is 6.67. The molecule has 0 radical (unpaired) electrons. The van der Waals surface area contributed by atoms with Crippen LogP contribution in [0.15, 0.2) is 0 Å². The molecule has 0 aliphatic carbocycles. The number of amides is 1. The summed E-state index contributed by atoms with van der Waals surface area (Å²) in [5.74, 6) is 0.134. The van der Waals surface area contributed by atoms with Crippen LogP contribution in [0.5, 0.6) is 0 Å². The molecule has 1 heterocycles. The molecule has 0 saturated carbocycles. The first-order chi connectivity index (χ1) is 7.34. The van der Waals surface area contributed by atoms with Crippen LogP contribution in [0.4, 0.5) is 0 Å². The lowest BCUT2D eigenvalue weighted by molar-refractivity contribution is -0.135. The summed E-state index contributed by atoms with van der Waals surface area (Å²) < 4.78 is 5.32. The molecule has 0 aromatic carbocycles. The number of nitrogens with one attached hydrogen (secondary N) is 1. The smallest absolute Gasteiger partial charge is 0.248 e. The standard InChI is InChI=1S/C11H22N2O2.ClH/c1-2-3-9-15-10-11(14)13-7-4-5-12-6-8-13;/h12H,2-10H2,1H3;1H. The monoisotopic (exact) mass is 250 g/mol. The van der Waals surface area contributed by atoms with Crippen molar-refractivity contribution in [2.75, 3.05) is 39.4 Å². The van der Waals surface area contributed by atoms with Gasteiger partial charge in [0.1, 0.15) is 6.61 Å². The molecule has 1 aliphatic heterocycles. The zero-order valence-corrected chi connectivity index (χ0v) is 10.9. The van der Waals surface area contributed by atoms with Gasteiger partial charge in [0.05, 0.1) is 0 Å². The highest BCUT2D eigenvalue weighted by molar-refractivity contribution is 5.85. The Kier molecular flexibility index (Phi) is 9.68. The molecule has 0 aromatic rings. The van der Waals surface area contributed by atoms with Gasteiger partial charge in [-0.1, -0.05) is 13.3 Å². The number of ether oxygens (including phenoxy) is 1. The zero-order valence-electron chi connectivity index (χ0n) is 10.0. The van der Waals surface area contributed by atoms with E-state index in [-0.39, 0.29) is 24.9 Å². The number of halogens is 1. The van der Waals surface area contributed by atoms with E-state index in [1.165, 1.54) is 0 Å². The zero-order chi connectivity index (χ0) is 10.9. The van der Waals surface area contributed by atoms with E-state index in [2.05, 4.69) is 12.2 Å². The van der Waals surface area contributed by atoms with E-state index < -0.39 is 0 Å². The Balaban J connectivity index is 0.00000225. The molecule has 0 aromatic heterocycles. The van der Waals surface area contributed by atoms with E-state index in [1.54, 1.807) is 0 Å². The third-order valence-electron chi connectivity index (χ3n) is 2.56. The number of nitrogens with zero attached hydrogens (tertiary/aromatic N) is 1. The van der Waals surface area contributed by atoms with Crippen molar-refractivity contribution in [1.82, 2.24) is 10.2 Å². The van der Waals surface area contributed by atoms with E-state index in [4.69, 9.17) is 4.74 Å². The highest BCUT2D eigenvalue weighted by atomic mass is 35.5. The fraction of sp³-hybridized carbons (Fsp3) is 0.909. The van der Waals surface area contributed by atoms with E-state index in [1.807, 2.05) is 4.90 Å². The maximum Gasteiger partial charge on any atom is 0.248 e. The molecule has 0 atom stereocenters. The topological polar surface area (TPSA) is 41.6 Å². The molecule has 0 spiro atoms. The predicted molar refractivity (Wildman–Crippen MR) is 67.0 cm³/mol. The molecule has 4 nitrogen and oxygen atoms in total. The van der Waals surface area contributed by atoms with Crippen molar-refractivity contribution in [2.45, 2.75) is 26.2 Å². The Morgan fingerprint density at radius 3 is 2.94 bits per heavy atom. The van der Waals surface area contributed by atoms with Crippen molar-refractivity contribution in [3.05, 3.63) is 0 Å². The van der Waals surface area contributed by atoms with Crippen LogP contribution in [0.1, 0.15) is 26.2 Å². The van der Waals surface area contributed by atoms with Crippen LogP contribution in [0, 0.1) is 0 Å². The quantitative estimate of drug-likeness (QED) is 0.742. The second-order valence-corrected chi connectivity index (χ2v) is 3.89. The van der Waals surface area contributed by atoms with Crippen LogP contribution in [0.25, 0.3) is 0 Å². The van der Waals surface area contributed by atoms with Gasteiger partial charge in [-0.05, 0) is 19.4 Å². The SMILES string of the molecule is CCCCOCC(=O)N1CCCNCC1.Cl. The number of carbonyl (C=O) groups excluding carboxylic acids is 1. The van der Waals surface area contributed by atoms with E-state index >= 15 is 0 Å². The van der Waals surface area contributed by atoms with E-state index in [0.717, 1.165) is 45.4 Å². The Labute approximate surface area is 104 Å². The highest BCUT2D eigenvalue weighted by Crippen LogP contribution is 1.97. The van der Waals surface area contributed by atoms with Crippen LogP contribution < -0.4 is 5.32 Å². The molecule has 1 rings (SSSR count). The lowest BCUT2D eigenvalue weighted by Crippen LogP contribution is -2.36. The molecule has 5 heteroatoms. The molecule has 96 valence electrons. The minimum absolute atomic E-state index is 0. The minimum atomic E-state index is 0. The van der Waals surface area contributed by atoms with Crippen molar-refractivity contribution >= 4 is 18.3 Å². The van der Waals surface area contributed by atoms with Gasteiger partial charge >= 0.3 is 0 Å². The summed E-state index contributed by atoms with van der Waals surface area (Å²) >= 11 is 0. The average molecular weight is 251 g/mol. The van der Waals surface area contributed by atoms with Gasteiger partial charge in [-0.15, -0.1) is 12.4 Å². The van der Waals surface area contributed by atoms with Crippen molar-refractivity contribution in [3.8, 4) is 0 Å². The van der Waals surface area contributed by atoms with E-state index in [0.29, 0.717) is 6.61 Å². The van der Waals surface area contributed by atoms with Gasteiger partial charge in [0.15, 0.2) is 0 Å². The molecular formula is C11H23ClN2O2. The molecule has 1 saturated heterocycles. The summed E-state index contributed by atoms with van der Waals surface area (Å²) in [4.78, 5) is 13.6. The largest absolute Gasteiger partial charge is 0.372 e. The molecular weight excluding hydrogens is 228 g/mol. The summed E-state index contributed by atoms with van der Waals surface area (Å²) in [7, 11) is 0. The number of hydrogen-bond acceptors (Lipinski definition) is 3. The summed E-state index contributed by atoms with van der Waals surface area (Å²) in [6.07, 6.45) is 3.19. The first-order valence-corrected chi connectivity index (χ1v) is 5.91. The Bertz CT molecular complexity index is 183. The first kappa shape index (κ1) is 15.7. The van der Waals surface area contributed by atoms with Gasteiger partial charge < -0.3 is 15.0 Å². The van der Waals surface area contributed by atoms with E-state index in [9.17, 15) is 4.79 Å². The fourth-order valence-corrected chi connectivity index (χ4v) is 1.59. The van der Waals surface area contributed by atoms with Gasteiger partial charge in [-0.3, -0.25) is 4.79 Å². The Morgan fingerprint density at radius 2 is 2.19 bits per heavy atom. The van der Waals surface area contributed by atoms with Crippen LogP contribution in [-0.2, 0) is 9.53 Å². The fourth-order valence-electron chi connectivity index (χ4n) is 1.59. The maximum atomic E-state index is 11.7. The summed E-state index contributed by atoms with van der Waals surface area (Å²) in [6, 6.07) is 0. The molecule has 16 heavy (non-hydrogen) atoms. The van der Waals surface area contributed by atoms with Gasteiger partial charge in [0.2, 0.25) is 5.91 Å². The van der Waals surface area contributed by atoms with Crippen molar-refractivity contribution in [1.29, 1.82) is 0 Å². The maximum absolute atomic E-state index is 11.7. The third-order valence-corrected chi connectivity index (χ3v) is 2.56. The van der Waals surface area contributed by atoms with Crippen molar-refractivity contribution in [3.63, 3.8) is 0 Å².